The van der Waals surface area contributed by atoms with E-state index >= 15 is 0 Å². The van der Waals surface area contributed by atoms with Crippen LogP contribution < -0.4 is 10.6 Å². The van der Waals surface area contributed by atoms with Crippen LogP contribution in [0.3, 0.4) is 0 Å². The topological polar surface area (TPSA) is 61.4 Å². The zero-order valence-corrected chi connectivity index (χ0v) is 14.5. The number of amides is 2. The highest BCUT2D eigenvalue weighted by Gasteiger charge is 2.08. The van der Waals surface area contributed by atoms with Crippen LogP contribution in [-0.4, -0.2) is 36.3 Å². The Morgan fingerprint density at radius 2 is 1.57 bits per heavy atom. The second-order valence-corrected chi connectivity index (χ2v) is 5.60. The van der Waals surface area contributed by atoms with Gasteiger partial charge in [-0.25, -0.2) is 0 Å². The summed E-state index contributed by atoms with van der Waals surface area (Å²) in [5.74, 6) is -0.0230. The van der Waals surface area contributed by atoms with Crippen molar-refractivity contribution in [2.45, 2.75) is 46.5 Å². The number of hydrogen-bond acceptors (Lipinski definition) is 3. The fraction of sp³-hybridized carbons (Fsp3) is 0.556. The van der Waals surface area contributed by atoms with Gasteiger partial charge in [0.1, 0.15) is 0 Å². The molecule has 128 valence electrons. The van der Waals surface area contributed by atoms with Gasteiger partial charge in [0.15, 0.2) is 0 Å². The SMILES string of the molecule is CCCCCC(=O)Nc1cccc(NC(=O)CN(CC)CC)c1. The van der Waals surface area contributed by atoms with Gasteiger partial charge < -0.3 is 10.6 Å². The maximum absolute atomic E-state index is 12.0. The predicted octanol–water partition coefficient (Wildman–Crippen LogP) is 3.49. The van der Waals surface area contributed by atoms with Crippen molar-refractivity contribution >= 4 is 23.2 Å². The van der Waals surface area contributed by atoms with E-state index in [0.717, 1.165) is 32.4 Å². The van der Waals surface area contributed by atoms with E-state index in [4.69, 9.17) is 0 Å². The Labute approximate surface area is 139 Å². The van der Waals surface area contributed by atoms with Crippen molar-refractivity contribution in [1.82, 2.24) is 4.90 Å². The Kier molecular flexibility index (Phi) is 8.98. The normalized spacial score (nSPS) is 10.6. The van der Waals surface area contributed by atoms with Gasteiger partial charge in [-0.2, -0.15) is 0 Å². The fourth-order valence-electron chi connectivity index (χ4n) is 2.28. The second-order valence-electron chi connectivity index (χ2n) is 5.60. The summed E-state index contributed by atoms with van der Waals surface area (Å²) in [6.45, 7) is 8.25. The number of carbonyl (C=O) groups is 2. The van der Waals surface area contributed by atoms with Gasteiger partial charge in [-0.1, -0.05) is 39.7 Å². The molecule has 0 aliphatic carbocycles. The summed E-state index contributed by atoms with van der Waals surface area (Å²) in [6, 6.07) is 7.27. The number of nitrogens with zero attached hydrogens (tertiary/aromatic N) is 1. The molecule has 0 atom stereocenters. The lowest BCUT2D eigenvalue weighted by molar-refractivity contribution is -0.117. The fourth-order valence-corrected chi connectivity index (χ4v) is 2.28. The Hall–Kier alpha value is -1.88. The molecule has 0 fully saturated rings. The molecule has 5 nitrogen and oxygen atoms in total. The summed E-state index contributed by atoms with van der Waals surface area (Å²) in [5, 5.41) is 5.75. The van der Waals surface area contributed by atoms with Crippen LogP contribution in [0.25, 0.3) is 0 Å². The number of carbonyl (C=O) groups excluding carboxylic acids is 2. The van der Waals surface area contributed by atoms with Crippen molar-refractivity contribution < 1.29 is 9.59 Å². The van der Waals surface area contributed by atoms with Gasteiger partial charge in [-0.05, 0) is 37.7 Å². The molecule has 0 aromatic heterocycles. The summed E-state index contributed by atoms with van der Waals surface area (Å²) in [6.07, 6.45) is 3.60. The molecule has 2 amide bonds. The molecule has 0 spiro atoms. The first-order chi connectivity index (χ1) is 11.1. The zero-order valence-electron chi connectivity index (χ0n) is 14.5. The highest BCUT2D eigenvalue weighted by Crippen LogP contribution is 2.15. The maximum Gasteiger partial charge on any atom is 0.238 e. The van der Waals surface area contributed by atoms with Crippen molar-refractivity contribution in [3.63, 3.8) is 0 Å². The van der Waals surface area contributed by atoms with Crippen LogP contribution in [0.1, 0.15) is 46.5 Å². The highest BCUT2D eigenvalue weighted by atomic mass is 16.2. The predicted molar refractivity (Wildman–Crippen MR) is 95.6 cm³/mol. The minimum absolute atomic E-state index is 0.0186. The molecule has 0 saturated heterocycles. The molecule has 0 heterocycles. The molecule has 1 aromatic rings. The minimum atomic E-state index is -0.0416. The largest absolute Gasteiger partial charge is 0.326 e. The van der Waals surface area contributed by atoms with Gasteiger partial charge >= 0.3 is 0 Å². The average Bonchev–Trinajstić information content (AvgIpc) is 2.53. The highest BCUT2D eigenvalue weighted by molar-refractivity contribution is 5.94. The van der Waals surface area contributed by atoms with E-state index in [1.54, 1.807) is 6.07 Å². The standard InChI is InChI=1S/C18H29N3O2/c1-4-7-8-12-17(22)19-15-10-9-11-16(13-15)20-18(23)14-21(5-2)6-3/h9-11,13H,4-8,12,14H2,1-3H3,(H,19,22)(H,20,23). The number of anilines is 2. The molecular formula is C18H29N3O2. The lowest BCUT2D eigenvalue weighted by Gasteiger charge is -2.17. The molecule has 0 unspecified atom stereocenters. The van der Waals surface area contributed by atoms with Crippen molar-refractivity contribution in [2.24, 2.45) is 0 Å². The van der Waals surface area contributed by atoms with Gasteiger partial charge in [-0.15, -0.1) is 0 Å². The van der Waals surface area contributed by atoms with E-state index in [9.17, 15) is 9.59 Å². The van der Waals surface area contributed by atoms with Crippen molar-refractivity contribution in [3.8, 4) is 0 Å². The number of hydrogen-bond donors (Lipinski definition) is 2. The number of benzene rings is 1. The molecule has 5 heteroatoms. The van der Waals surface area contributed by atoms with Crippen LogP contribution in [0.5, 0.6) is 0 Å². The van der Waals surface area contributed by atoms with Crippen molar-refractivity contribution in [1.29, 1.82) is 0 Å². The number of likely N-dealkylation sites (N-methyl/N-ethyl adjacent to an activating group) is 1. The first-order valence-corrected chi connectivity index (χ1v) is 8.51. The average molecular weight is 319 g/mol. The van der Waals surface area contributed by atoms with Crippen molar-refractivity contribution in [3.05, 3.63) is 24.3 Å². The molecule has 0 bridgehead atoms. The molecule has 23 heavy (non-hydrogen) atoms. The number of nitrogens with one attached hydrogen (secondary N) is 2. The monoisotopic (exact) mass is 319 g/mol. The summed E-state index contributed by atoms with van der Waals surface area (Å²) < 4.78 is 0. The van der Waals surface area contributed by atoms with Crippen LogP contribution >= 0.6 is 0 Å². The van der Waals surface area contributed by atoms with E-state index in [0.29, 0.717) is 24.3 Å². The smallest absolute Gasteiger partial charge is 0.238 e. The Balaban J connectivity index is 2.52. The second kappa shape index (κ2) is 10.8. The number of rotatable bonds is 10. The molecule has 0 radical (unpaired) electrons. The quantitative estimate of drug-likeness (QED) is 0.649. The molecule has 0 saturated carbocycles. The molecule has 0 aliphatic rings. The summed E-state index contributed by atoms with van der Waals surface area (Å²) in [7, 11) is 0. The van der Waals surface area contributed by atoms with Gasteiger partial charge in [0.25, 0.3) is 0 Å². The van der Waals surface area contributed by atoms with Gasteiger partial charge in [0.2, 0.25) is 11.8 Å². The van der Waals surface area contributed by atoms with Crippen LogP contribution in [0.4, 0.5) is 11.4 Å². The Bertz CT molecular complexity index is 499. The minimum Gasteiger partial charge on any atom is -0.326 e. The molecule has 2 N–H and O–H groups in total. The first-order valence-electron chi connectivity index (χ1n) is 8.51. The van der Waals surface area contributed by atoms with Crippen LogP contribution in [0.2, 0.25) is 0 Å². The van der Waals surface area contributed by atoms with E-state index in [1.807, 2.05) is 32.0 Å². The molecule has 1 aromatic carbocycles. The van der Waals surface area contributed by atoms with E-state index in [1.165, 1.54) is 0 Å². The maximum atomic E-state index is 12.0. The van der Waals surface area contributed by atoms with E-state index < -0.39 is 0 Å². The summed E-state index contributed by atoms with van der Waals surface area (Å²) in [5.41, 5.74) is 1.42. The van der Waals surface area contributed by atoms with Crippen LogP contribution in [0, 0.1) is 0 Å². The van der Waals surface area contributed by atoms with Crippen molar-refractivity contribution in [2.75, 3.05) is 30.3 Å². The first kappa shape index (κ1) is 19.2. The third kappa shape index (κ3) is 7.79. The lowest BCUT2D eigenvalue weighted by atomic mass is 10.2. The van der Waals surface area contributed by atoms with Gasteiger partial charge in [0, 0.05) is 17.8 Å². The third-order valence-electron chi connectivity index (χ3n) is 3.70. The Morgan fingerprint density at radius 1 is 0.957 bits per heavy atom. The molecular weight excluding hydrogens is 290 g/mol. The van der Waals surface area contributed by atoms with E-state index in [2.05, 4.69) is 22.5 Å². The van der Waals surface area contributed by atoms with Gasteiger partial charge in [0.05, 0.1) is 6.54 Å². The van der Waals surface area contributed by atoms with Crippen LogP contribution in [-0.2, 0) is 9.59 Å². The van der Waals surface area contributed by atoms with Crippen LogP contribution in [0.15, 0.2) is 24.3 Å². The third-order valence-corrected chi connectivity index (χ3v) is 3.70. The zero-order chi connectivity index (χ0) is 17.1. The molecule has 0 aliphatic heterocycles. The summed E-state index contributed by atoms with van der Waals surface area (Å²) in [4.78, 5) is 25.9. The summed E-state index contributed by atoms with van der Waals surface area (Å²) >= 11 is 0. The number of unbranched alkanes of at least 4 members (excludes halogenated alkanes) is 2. The van der Waals surface area contributed by atoms with E-state index in [-0.39, 0.29) is 11.8 Å². The Morgan fingerprint density at radius 3 is 2.13 bits per heavy atom. The van der Waals surface area contributed by atoms with Gasteiger partial charge in [-0.3, -0.25) is 14.5 Å². The lowest BCUT2D eigenvalue weighted by Crippen LogP contribution is -2.32. The molecule has 1 rings (SSSR count).